The summed E-state index contributed by atoms with van der Waals surface area (Å²) in [5.41, 5.74) is 0.336. The van der Waals surface area contributed by atoms with Gasteiger partial charge < -0.3 is 13.9 Å². The van der Waals surface area contributed by atoms with Crippen molar-refractivity contribution in [1.82, 2.24) is 19.7 Å². The molecular weight excluding hydrogens is 405 g/mol. The first-order valence-corrected chi connectivity index (χ1v) is 10.9. The minimum atomic E-state index is -3.17. The summed E-state index contributed by atoms with van der Waals surface area (Å²) in [4.78, 5) is 28.4. The first-order valence-electron chi connectivity index (χ1n) is 7.70. The molecule has 2 heterocycles. The van der Waals surface area contributed by atoms with E-state index in [0.29, 0.717) is 30.8 Å². The Morgan fingerprint density at radius 1 is 1.38 bits per heavy atom. The molecule has 144 valence electrons. The van der Waals surface area contributed by atoms with Gasteiger partial charge in [-0.3, -0.25) is 14.7 Å². The number of thioether (sulfide) groups is 1. The van der Waals surface area contributed by atoms with Crippen LogP contribution in [0.25, 0.3) is 11.2 Å². The summed E-state index contributed by atoms with van der Waals surface area (Å²) in [6.45, 7) is 5.86. The van der Waals surface area contributed by atoms with Gasteiger partial charge in [0, 0.05) is 0 Å². The van der Waals surface area contributed by atoms with Gasteiger partial charge in [0.15, 0.2) is 10.6 Å². The highest BCUT2D eigenvalue weighted by atomic mass is 35.5. The van der Waals surface area contributed by atoms with Gasteiger partial charge in [-0.2, -0.15) is 14.7 Å². The third-order valence-corrected chi connectivity index (χ3v) is 6.88. The van der Waals surface area contributed by atoms with E-state index in [0.717, 1.165) is 0 Å². The molecular formula is C13H19ClN5O5PS. The third-order valence-electron chi connectivity index (χ3n) is 2.89. The van der Waals surface area contributed by atoms with Crippen LogP contribution in [0.4, 0.5) is 5.95 Å². The van der Waals surface area contributed by atoms with Crippen LogP contribution in [0, 0.1) is 0 Å². The van der Waals surface area contributed by atoms with Crippen LogP contribution in [0.5, 0.6) is 0 Å². The molecule has 2 aromatic heterocycles. The molecule has 0 saturated carbocycles. The Kier molecular flexibility index (Phi) is 7.66. The number of nitrogens with one attached hydrogen (secondary N) is 1. The van der Waals surface area contributed by atoms with Gasteiger partial charge in [0.05, 0.1) is 18.7 Å². The molecule has 0 bridgehead atoms. The second kappa shape index (κ2) is 9.52. The van der Waals surface area contributed by atoms with Crippen molar-refractivity contribution in [1.29, 1.82) is 0 Å². The lowest BCUT2D eigenvalue weighted by Gasteiger charge is -2.19. The number of anilines is 1. The van der Waals surface area contributed by atoms with Crippen molar-refractivity contribution in [2.75, 3.05) is 24.0 Å². The molecule has 13 heteroatoms. The van der Waals surface area contributed by atoms with Gasteiger partial charge in [0.25, 0.3) is 0 Å². The van der Waals surface area contributed by atoms with Crippen LogP contribution in [-0.4, -0.2) is 50.2 Å². The summed E-state index contributed by atoms with van der Waals surface area (Å²) in [7, 11) is -3.17. The maximum Gasteiger partial charge on any atom is 0.340 e. The highest BCUT2D eigenvalue weighted by Gasteiger charge is 2.25. The number of aromatic nitrogens is 4. The normalized spacial score (nSPS) is 12.9. The van der Waals surface area contributed by atoms with Gasteiger partial charge in [-0.25, -0.2) is 4.98 Å². The lowest BCUT2D eigenvalue weighted by atomic mass is 10.5. The highest BCUT2D eigenvalue weighted by molar-refractivity contribution is 8.04. The van der Waals surface area contributed by atoms with Crippen molar-refractivity contribution in [3.05, 3.63) is 11.5 Å². The number of nitrogens with zero attached hydrogens (tertiary/aromatic N) is 4. The zero-order valence-electron chi connectivity index (χ0n) is 14.4. The number of carbonyl (C=O) groups excluding carboxylic acids is 1. The molecule has 10 nitrogen and oxygen atoms in total. The zero-order chi connectivity index (χ0) is 19.2. The fraction of sp³-hybridized carbons (Fsp3) is 0.538. The minimum Gasteiger partial charge on any atom is -0.397 e. The van der Waals surface area contributed by atoms with E-state index >= 15 is 0 Å². The smallest absolute Gasteiger partial charge is 0.340 e. The fourth-order valence-electron chi connectivity index (χ4n) is 1.93. The minimum absolute atomic E-state index is 0.0281. The molecule has 0 fully saturated rings. The van der Waals surface area contributed by atoms with E-state index in [1.807, 2.05) is 0 Å². The molecule has 2 rings (SSSR count). The van der Waals surface area contributed by atoms with Crippen LogP contribution in [0.2, 0.25) is 5.15 Å². The Bertz CT molecular complexity index is 797. The molecule has 0 aliphatic carbocycles. The van der Waals surface area contributed by atoms with Crippen molar-refractivity contribution < 1.29 is 23.2 Å². The molecule has 0 saturated heterocycles. The van der Waals surface area contributed by atoms with E-state index in [4.69, 9.17) is 25.5 Å². The quantitative estimate of drug-likeness (QED) is 0.252. The SMILES string of the molecule is CCOP(=O)(CSC(C)On1cnc2c(Cl)nc(NC=O)nc21)OCC. The van der Waals surface area contributed by atoms with E-state index < -0.39 is 13.0 Å². The maximum absolute atomic E-state index is 12.5. The third kappa shape index (κ3) is 5.31. The van der Waals surface area contributed by atoms with Crippen molar-refractivity contribution >= 4 is 54.5 Å². The number of rotatable bonds is 11. The summed E-state index contributed by atoms with van der Waals surface area (Å²) < 4.78 is 24.3. The Hall–Kier alpha value is -1.39. The lowest BCUT2D eigenvalue weighted by Crippen LogP contribution is -2.20. The lowest BCUT2D eigenvalue weighted by molar-refractivity contribution is -0.105. The molecule has 26 heavy (non-hydrogen) atoms. The predicted molar refractivity (Wildman–Crippen MR) is 99.4 cm³/mol. The van der Waals surface area contributed by atoms with Crippen LogP contribution in [0.3, 0.4) is 0 Å². The van der Waals surface area contributed by atoms with Gasteiger partial charge in [-0.05, 0) is 20.8 Å². The van der Waals surface area contributed by atoms with Crippen molar-refractivity contribution in [3.63, 3.8) is 0 Å². The molecule has 2 aromatic rings. The topological polar surface area (TPSA) is 117 Å². The monoisotopic (exact) mass is 423 g/mol. The van der Waals surface area contributed by atoms with Crippen LogP contribution >= 0.6 is 31.0 Å². The molecule has 0 radical (unpaired) electrons. The molecule has 0 spiro atoms. The van der Waals surface area contributed by atoms with Gasteiger partial charge in [-0.15, -0.1) is 11.8 Å². The Labute approximate surface area is 159 Å². The van der Waals surface area contributed by atoms with Gasteiger partial charge in [-0.1, -0.05) is 11.6 Å². The predicted octanol–water partition coefficient (Wildman–Crippen LogP) is 2.78. The number of halogens is 1. The average Bonchev–Trinajstić information content (AvgIpc) is 2.97. The van der Waals surface area contributed by atoms with E-state index in [1.165, 1.54) is 22.8 Å². The number of carbonyl (C=O) groups is 1. The standard InChI is InChI=1S/C13H19ClN5O5PS/c1-4-22-25(21,23-5-2)8-26-9(3)24-19-6-15-10-11(14)17-13(16-7-20)18-12(10)19/h6-7,9H,4-5,8H2,1-3H3,(H,16,17,18,20). The van der Waals surface area contributed by atoms with Gasteiger partial charge in [0.1, 0.15) is 11.8 Å². The highest BCUT2D eigenvalue weighted by Crippen LogP contribution is 2.51. The maximum atomic E-state index is 12.5. The molecule has 0 aromatic carbocycles. The van der Waals surface area contributed by atoms with Crippen LogP contribution in [-0.2, 0) is 18.4 Å². The number of hydrogen-bond donors (Lipinski definition) is 1. The van der Waals surface area contributed by atoms with Crippen molar-refractivity contribution in [3.8, 4) is 0 Å². The van der Waals surface area contributed by atoms with E-state index in [9.17, 15) is 9.36 Å². The number of amides is 1. The van der Waals surface area contributed by atoms with Crippen LogP contribution in [0.15, 0.2) is 6.33 Å². The second-order valence-electron chi connectivity index (χ2n) is 4.76. The molecule has 1 N–H and O–H groups in total. The van der Waals surface area contributed by atoms with E-state index in [1.54, 1.807) is 20.8 Å². The molecule has 1 unspecified atom stereocenters. The summed E-state index contributed by atoms with van der Waals surface area (Å²) in [5.74, 6) is 0.0281. The first kappa shape index (κ1) is 20.9. The first-order chi connectivity index (χ1) is 12.4. The summed E-state index contributed by atoms with van der Waals surface area (Å²) >= 11 is 7.28. The summed E-state index contributed by atoms with van der Waals surface area (Å²) in [6.07, 6.45) is 1.83. The molecule has 0 aliphatic rings. The number of imidazole rings is 1. The van der Waals surface area contributed by atoms with Crippen LogP contribution in [0.1, 0.15) is 20.8 Å². The van der Waals surface area contributed by atoms with Gasteiger partial charge in [0.2, 0.25) is 18.0 Å². The van der Waals surface area contributed by atoms with Crippen molar-refractivity contribution in [2.45, 2.75) is 26.2 Å². The Morgan fingerprint density at radius 2 is 2.08 bits per heavy atom. The van der Waals surface area contributed by atoms with Crippen LogP contribution < -0.4 is 10.2 Å². The van der Waals surface area contributed by atoms with E-state index in [2.05, 4.69) is 20.3 Å². The zero-order valence-corrected chi connectivity index (χ0v) is 16.9. The molecule has 1 atom stereocenters. The number of hydrogen-bond acceptors (Lipinski definition) is 9. The van der Waals surface area contributed by atoms with Crippen molar-refractivity contribution in [2.24, 2.45) is 0 Å². The van der Waals surface area contributed by atoms with Gasteiger partial charge >= 0.3 is 7.60 Å². The summed E-state index contributed by atoms with van der Waals surface area (Å²) in [6, 6.07) is 0. The average molecular weight is 424 g/mol. The largest absolute Gasteiger partial charge is 0.397 e. The van der Waals surface area contributed by atoms with E-state index in [-0.39, 0.29) is 16.6 Å². The fourth-order valence-corrected chi connectivity index (χ4v) is 5.33. The number of fused-ring (bicyclic) bond motifs is 1. The second-order valence-corrected chi connectivity index (χ2v) is 8.88. The Balaban J connectivity index is 2.10. The molecule has 0 aliphatic heterocycles. The Morgan fingerprint density at radius 3 is 2.69 bits per heavy atom. The summed E-state index contributed by atoms with van der Waals surface area (Å²) in [5, 5.41) is 2.41. The molecule has 1 amide bonds.